The van der Waals surface area contributed by atoms with Gasteiger partial charge < -0.3 is 24.8 Å². The van der Waals surface area contributed by atoms with Crippen LogP contribution in [0.2, 0.25) is 0 Å². The van der Waals surface area contributed by atoms with Crippen molar-refractivity contribution in [2.45, 2.75) is 63.8 Å². The van der Waals surface area contributed by atoms with Gasteiger partial charge in [0, 0.05) is 74.9 Å². The first-order valence-corrected chi connectivity index (χ1v) is 19.8. The van der Waals surface area contributed by atoms with E-state index < -0.39 is 47.0 Å². The maximum absolute atomic E-state index is 13.5. The molecule has 17 heteroatoms. The van der Waals surface area contributed by atoms with Crippen molar-refractivity contribution in [2.75, 3.05) is 60.9 Å². The van der Waals surface area contributed by atoms with E-state index in [1.165, 1.54) is 12.1 Å². The highest BCUT2D eigenvalue weighted by Gasteiger charge is 2.46. The zero-order valence-corrected chi connectivity index (χ0v) is 32.4. The summed E-state index contributed by atoms with van der Waals surface area (Å²) < 4.78 is 46.6. The smallest absolute Gasteiger partial charge is 0.417 e. The molecule has 5 amide bonds. The molecule has 0 spiro atoms. The van der Waals surface area contributed by atoms with Crippen LogP contribution >= 0.6 is 0 Å². The molecule has 2 aromatic carbocycles. The van der Waals surface area contributed by atoms with Gasteiger partial charge in [-0.25, -0.2) is 4.98 Å². The zero-order valence-electron chi connectivity index (χ0n) is 32.4. The lowest BCUT2D eigenvalue weighted by Gasteiger charge is -2.52. The molecule has 4 fully saturated rings. The Bertz CT molecular complexity index is 2220. The number of pyridine rings is 1. The summed E-state index contributed by atoms with van der Waals surface area (Å²) in [6.07, 6.45) is -0.266. The summed E-state index contributed by atoms with van der Waals surface area (Å²) in [6, 6.07) is 13.0. The molecule has 2 N–H and O–H groups in total. The van der Waals surface area contributed by atoms with Crippen molar-refractivity contribution < 1.29 is 41.9 Å². The third kappa shape index (κ3) is 8.18. The van der Waals surface area contributed by atoms with Gasteiger partial charge in [0.05, 0.1) is 34.5 Å². The van der Waals surface area contributed by atoms with Crippen LogP contribution in [0.3, 0.4) is 0 Å². The highest BCUT2D eigenvalue weighted by atomic mass is 19.4. The number of piperidine rings is 3. The summed E-state index contributed by atoms with van der Waals surface area (Å²) in [6.45, 7) is 7.21. The number of alkyl halides is 3. The number of amides is 5. The Morgan fingerprint density at radius 3 is 2.27 bits per heavy atom. The van der Waals surface area contributed by atoms with Gasteiger partial charge >= 0.3 is 6.18 Å². The number of anilines is 3. The molecule has 0 bridgehead atoms. The van der Waals surface area contributed by atoms with E-state index in [-0.39, 0.29) is 47.3 Å². The topological polar surface area (TPSA) is 168 Å². The fourth-order valence-electron chi connectivity index (χ4n) is 8.94. The van der Waals surface area contributed by atoms with Crippen LogP contribution in [0.25, 0.3) is 0 Å². The Hall–Kier alpha value is -6.02. The number of rotatable bonds is 9. The Labute approximate surface area is 338 Å². The number of fused-ring (bicyclic) bond motifs is 1. The van der Waals surface area contributed by atoms with Crippen LogP contribution < -0.4 is 25.2 Å². The van der Waals surface area contributed by atoms with Crippen molar-refractivity contribution in [1.82, 2.24) is 20.1 Å². The lowest BCUT2D eigenvalue weighted by molar-refractivity contribution is -0.138. The molecule has 5 aliphatic heterocycles. The Morgan fingerprint density at radius 2 is 1.61 bits per heavy atom. The number of carbonyl (C=O) groups is 5. The van der Waals surface area contributed by atoms with Crippen molar-refractivity contribution in [3.05, 3.63) is 77.0 Å². The Balaban J connectivity index is 0.761. The number of aromatic nitrogens is 1. The Morgan fingerprint density at radius 1 is 0.915 bits per heavy atom. The summed E-state index contributed by atoms with van der Waals surface area (Å²) in [5.74, 6) is -1.61. The summed E-state index contributed by atoms with van der Waals surface area (Å²) in [7, 11) is 0. The minimum atomic E-state index is -4.64. The molecule has 1 aromatic heterocycles. The van der Waals surface area contributed by atoms with Gasteiger partial charge in [-0.3, -0.25) is 34.2 Å². The highest BCUT2D eigenvalue weighted by molar-refractivity contribution is 6.23. The minimum Gasteiger partial charge on any atom is -0.489 e. The molecular formula is C42H43F3N8O6. The van der Waals surface area contributed by atoms with E-state index in [9.17, 15) is 37.1 Å². The molecule has 5 aliphatic rings. The maximum atomic E-state index is 13.5. The van der Waals surface area contributed by atoms with Crippen molar-refractivity contribution >= 4 is 46.7 Å². The largest absolute Gasteiger partial charge is 0.489 e. The molecule has 59 heavy (non-hydrogen) atoms. The number of halogens is 3. The fourth-order valence-corrected chi connectivity index (χ4v) is 8.94. The number of hydrogen-bond donors (Lipinski definition) is 2. The SMILES string of the molecule is CC1(CN2CCC(Oc3ccc(NC(=O)C4CCN(c5ccc(C#N)c(C(F)(F)F)c5)CC4)nc3)CC2)CN(c2ccc3c(c2)C(=O)N([C@H]2CCC(=O)NC2=O)C3=O)C1. The van der Waals surface area contributed by atoms with Crippen molar-refractivity contribution in [1.29, 1.82) is 5.26 Å². The fraction of sp³-hybridized carbons (Fsp3) is 0.452. The van der Waals surface area contributed by atoms with E-state index in [0.29, 0.717) is 43.2 Å². The lowest BCUT2D eigenvalue weighted by atomic mass is 9.80. The number of hydrogen-bond acceptors (Lipinski definition) is 11. The van der Waals surface area contributed by atoms with E-state index in [1.54, 1.807) is 41.4 Å². The van der Waals surface area contributed by atoms with E-state index >= 15 is 0 Å². The van der Waals surface area contributed by atoms with Gasteiger partial charge in [-0.1, -0.05) is 6.92 Å². The predicted molar refractivity (Wildman–Crippen MR) is 207 cm³/mol. The summed E-state index contributed by atoms with van der Waals surface area (Å²) in [4.78, 5) is 75.2. The number of imide groups is 2. The maximum Gasteiger partial charge on any atom is 0.417 e. The van der Waals surface area contributed by atoms with Gasteiger partial charge in [0.1, 0.15) is 23.7 Å². The molecule has 3 aromatic rings. The van der Waals surface area contributed by atoms with Gasteiger partial charge in [-0.2, -0.15) is 18.4 Å². The number of likely N-dealkylation sites (tertiary alicyclic amines) is 1. The summed E-state index contributed by atoms with van der Waals surface area (Å²) in [5.41, 5.74) is 0.389. The molecule has 6 heterocycles. The minimum absolute atomic E-state index is 0.0130. The second-order valence-corrected chi connectivity index (χ2v) is 16.4. The van der Waals surface area contributed by atoms with Gasteiger partial charge in [0.15, 0.2) is 0 Å². The first-order chi connectivity index (χ1) is 28.2. The van der Waals surface area contributed by atoms with Crippen LogP contribution in [0.15, 0.2) is 54.7 Å². The monoisotopic (exact) mass is 812 g/mol. The number of carbonyl (C=O) groups excluding carboxylic acids is 5. The average molecular weight is 813 g/mol. The zero-order chi connectivity index (χ0) is 41.6. The van der Waals surface area contributed by atoms with E-state index in [2.05, 4.69) is 32.3 Å². The van der Waals surface area contributed by atoms with Crippen LogP contribution in [-0.2, 0) is 20.6 Å². The third-order valence-corrected chi connectivity index (χ3v) is 12.0. The molecular weight excluding hydrogens is 770 g/mol. The van der Waals surface area contributed by atoms with Crippen molar-refractivity contribution in [3.63, 3.8) is 0 Å². The molecule has 8 rings (SSSR count). The van der Waals surface area contributed by atoms with Crippen LogP contribution in [0, 0.1) is 22.7 Å². The molecule has 0 radical (unpaired) electrons. The number of ether oxygens (including phenoxy) is 1. The first kappa shape index (κ1) is 39.8. The molecule has 4 saturated heterocycles. The quantitative estimate of drug-likeness (QED) is 0.290. The van der Waals surface area contributed by atoms with Gasteiger partial charge in [-0.15, -0.1) is 0 Å². The molecule has 308 valence electrons. The molecule has 14 nitrogen and oxygen atoms in total. The third-order valence-electron chi connectivity index (χ3n) is 12.0. The summed E-state index contributed by atoms with van der Waals surface area (Å²) in [5, 5.41) is 14.2. The normalized spacial score (nSPS) is 21.5. The van der Waals surface area contributed by atoms with Crippen LogP contribution in [0.5, 0.6) is 5.75 Å². The van der Waals surface area contributed by atoms with Gasteiger partial charge in [0.2, 0.25) is 17.7 Å². The van der Waals surface area contributed by atoms with Crippen molar-refractivity contribution in [3.8, 4) is 11.8 Å². The average Bonchev–Trinajstić information content (AvgIpc) is 3.45. The lowest BCUT2D eigenvalue weighted by Crippen LogP contribution is -2.60. The number of benzene rings is 2. The predicted octanol–water partition coefficient (Wildman–Crippen LogP) is 4.60. The molecule has 1 atom stereocenters. The molecule has 0 aliphatic carbocycles. The standard InChI is InChI=1S/C42H43F3N8O6/c1-41(23-52(24-41)27-4-6-31-32(18-27)40(58)53(39(31)57)34-7-9-36(54)49-38(34)56)22-50-14-12-29(13-15-50)59-30-5-8-35(47-21-30)48-37(55)25-10-16-51(17-11-25)28-3-2-26(20-46)33(19-28)42(43,44)45/h2-6,8,18-19,21,25,29,34H,7,9-17,22-24H2,1H3,(H,47,48,55)(H,49,54,56)/t34-/m0/s1. The van der Waals surface area contributed by atoms with Gasteiger partial charge in [0.25, 0.3) is 11.8 Å². The Kier molecular flexibility index (Phi) is 10.5. The summed E-state index contributed by atoms with van der Waals surface area (Å²) >= 11 is 0. The molecule has 0 unspecified atom stereocenters. The van der Waals surface area contributed by atoms with E-state index in [4.69, 9.17) is 10.00 Å². The van der Waals surface area contributed by atoms with Crippen LogP contribution in [0.1, 0.15) is 77.3 Å². The first-order valence-electron chi connectivity index (χ1n) is 19.8. The number of nitriles is 1. The van der Waals surface area contributed by atoms with Gasteiger partial charge in [-0.05, 0) is 80.6 Å². The second-order valence-electron chi connectivity index (χ2n) is 16.4. The number of nitrogens with one attached hydrogen (secondary N) is 2. The highest BCUT2D eigenvalue weighted by Crippen LogP contribution is 2.39. The van der Waals surface area contributed by atoms with Crippen LogP contribution in [-0.4, -0.2) is 102 Å². The van der Waals surface area contributed by atoms with Crippen LogP contribution in [0.4, 0.5) is 30.4 Å². The van der Waals surface area contributed by atoms with Crippen molar-refractivity contribution in [2.24, 2.45) is 11.3 Å². The second kappa shape index (κ2) is 15.6. The number of nitrogens with zero attached hydrogens (tertiary/aromatic N) is 6. The van der Waals surface area contributed by atoms with E-state index in [1.807, 2.05) is 6.07 Å². The molecule has 0 saturated carbocycles. The van der Waals surface area contributed by atoms with E-state index in [0.717, 1.165) is 62.2 Å².